The van der Waals surface area contributed by atoms with Crippen LogP contribution in [0.4, 0.5) is 5.82 Å². The second-order valence-electron chi connectivity index (χ2n) is 6.62. The fourth-order valence-electron chi connectivity index (χ4n) is 3.88. The van der Waals surface area contributed by atoms with Gasteiger partial charge >= 0.3 is 0 Å². The van der Waals surface area contributed by atoms with Crippen molar-refractivity contribution in [1.82, 2.24) is 15.2 Å². The molecular formula is C17H30N4. The van der Waals surface area contributed by atoms with Gasteiger partial charge in [0.1, 0.15) is 5.82 Å². The molecule has 0 aliphatic heterocycles. The van der Waals surface area contributed by atoms with E-state index in [2.05, 4.69) is 42.3 Å². The number of hydrogen-bond acceptors (Lipinski definition) is 4. The Hall–Kier alpha value is -1.13. The van der Waals surface area contributed by atoms with Crippen LogP contribution in [0.3, 0.4) is 0 Å². The molecule has 0 bridgehead atoms. The van der Waals surface area contributed by atoms with Gasteiger partial charge in [0.2, 0.25) is 0 Å². The number of nitrogens with zero attached hydrogens (tertiary/aromatic N) is 2. The van der Waals surface area contributed by atoms with Crippen molar-refractivity contribution in [3.8, 4) is 0 Å². The summed E-state index contributed by atoms with van der Waals surface area (Å²) in [7, 11) is 6.45. The number of nitrogens with one attached hydrogen (secondary N) is 1. The van der Waals surface area contributed by atoms with Crippen molar-refractivity contribution in [3.63, 3.8) is 0 Å². The first-order valence-corrected chi connectivity index (χ1v) is 8.08. The molecule has 4 heteroatoms. The molecule has 3 N–H and O–H groups in total. The molecule has 1 aliphatic rings. The van der Waals surface area contributed by atoms with Crippen molar-refractivity contribution in [2.24, 2.45) is 0 Å². The van der Waals surface area contributed by atoms with Gasteiger partial charge in [0.15, 0.2) is 0 Å². The van der Waals surface area contributed by atoms with E-state index >= 15 is 0 Å². The van der Waals surface area contributed by atoms with E-state index in [1.165, 1.54) is 44.1 Å². The van der Waals surface area contributed by atoms with Crippen LogP contribution >= 0.6 is 0 Å². The van der Waals surface area contributed by atoms with Crippen molar-refractivity contribution >= 4 is 5.82 Å². The Labute approximate surface area is 129 Å². The summed E-state index contributed by atoms with van der Waals surface area (Å²) in [6.07, 6.45) is 9.52. The van der Waals surface area contributed by atoms with E-state index < -0.39 is 0 Å². The molecule has 1 aromatic rings. The third-order valence-corrected chi connectivity index (χ3v) is 5.08. The second kappa shape index (κ2) is 6.75. The van der Waals surface area contributed by atoms with Gasteiger partial charge in [0, 0.05) is 17.3 Å². The lowest BCUT2D eigenvalue weighted by molar-refractivity contribution is 0.0836. The molecule has 0 aromatic carbocycles. The zero-order chi connectivity index (χ0) is 15.5. The molecule has 1 fully saturated rings. The number of nitrogens with two attached hydrogens (primary N) is 1. The van der Waals surface area contributed by atoms with Crippen LogP contribution in [0.25, 0.3) is 0 Å². The summed E-state index contributed by atoms with van der Waals surface area (Å²) in [4.78, 5) is 6.78. The number of hydrogen-bond donors (Lipinski definition) is 2. The van der Waals surface area contributed by atoms with Gasteiger partial charge in [-0.15, -0.1) is 0 Å². The summed E-state index contributed by atoms with van der Waals surface area (Å²) in [5.74, 6) is 0.658. The minimum atomic E-state index is 0.120. The molecule has 0 radical (unpaired) electrons. The van der Waals surface area contributed by atoms with Crippen molar-refractivity contribution in [2.75, 3.05) is 26.9 Å². The van der Waals surface area contributed by atoms with Crippen LogP contribution in [0.2, 0.25) is 0 Å². The maximum Gasteiger partial charge on any atom is 0.128 e. The molecule has 118 valence electrons. The number of pyridine rings is 1. The number of aromatic nitrogens is 1. The van der Waals surface area contributed by atoms with Gasteiger partial charge in [-0.2, -0.15) is 0 Å². The highest BCUT2D eigenvalue weighted by atomic mass is 15.2. The second-order valence-corrected chi connectivity index (χ2v) is 6.62. The Morgan fingerprint density at radius 3 is 2.38 bits per heavy atom. The molecule has 21 heavy (non-hydrogen) atoms. The predicted molar refractivity (Wildman–Crippen MR) is 89.3 cm³/mol. The Morgan fingerprint density at radius 1 is 1.24 bits per heavy atom. The largest absolute Gasteiger partial charge is 0.383 e. The smallest absolute Gasteiger partial charge is 0.128 e. The van der Waals surface area contributed by atoms with Crippen LogP contribution in [-0.4, -0.2) is 36.6 Å². The van der Waals surface area contributed by atoms with Crippen LogP contribution in [0.5, 0.6) is 0 Å². The van der Waals surface area contributed by atoms with E-state index in [-0.39, 0.29) is 11.6 Å². The van der Waals surface area contributed by atoms with Crippen molar-refractivity contribution in [3.05, 3.63) is 23.4 Å². The third kappa shape index (κ3) is 3.22. The lowest BCUT2D eigenvalue weighted by Crippen LogP contribution is -2.53. The first-order valence-electron chi connectivity index (χ1n) is 8.08. The average molecular weight is 290 g/mol. The Balaban J connectivity index is 2.46. The maximum absolute atomic E-state index is 6.20. The van der Waals surface area contributed by atoms with E-state index in [0.717, 1.165) is 5.56 Å². The van der Waals surface area contributed by atoms with Gasteiger partial charge in [-0.3, -0.25) is 0 Å². The Bertz CT molecular complexity index is 462. The summed E-state index contributed by atoms with van der Waals surface area (Å²) < 4.78 is 0. The van der Waals surface area contributed by atoms with Gasteiger partial charge in [0.05, 0.1) is 6.04 Å². The van der Waals surface area contributed by atoms with Crippen LogP contribution in [0.15, 0.2) is 12.3 Å². The quantitative estimate of drug-likeness (QED) is 0.837. The van der Waals surface area contributed by atoms with Crippen LogP contribution in [0, 0.1) is 6.92 Å². The summed E-state index contributed by atoms with van der Waals surface area (Å²) in [6.45, 7) is 2.08. The van der Waals surface area contributed by atoms with Gasteiger partial charge in [-0.1, -0.05) is 25.7 Å². The Morgan fingerprint density at radius 2 is 1.86 bits per heavy atom. The molecule has 1 atom stereocenters. The monoisotopic (exact) mass is 290 g/mol. The average Bonchev–Trinajstić information content (AvgIpc) is 2.70. The van der Waals surface area contributed by atoms with E-state index in [1.807, 2.05) is 13.2 Å². The SMILES string of the molecule is CNC(c1cc(C)cnc1N)C1(N(C)C)CCCCCC1. The van der Waals surface area contributed by atoms with Crippen molar-refractivity contribution < 1.29 is 0 Å². The molecule has 2 rings (SSSR count). The highest BCUT2D eigenvalue weighted by molar-refractivity contribution is 5.44. The fraction of sp³-hybridized carbons (Fsp3) is 0.706. The van der Waals surface area contributed by atoms with Gasteiger partial charge in [-0.05, 0) is 52.5 Å². The highest BCUT2D eigenvalue weighted by Gasteiger charge is 2.41. The molecule has 1 saturated carbocycles. The summed E-state index contributed by atoms with van der Waals surface area (Å²) in [5, 5.41) is 3.54. The van der Waals surface area contributed by atoms with Gasteiger partial charge in [-0.25, -0.2) is 4.98 Å². The first-order chi connectivity index (χ1) is 10.0. The minimum absolute atomic E-state index is 0.120. The standard InChI is InChI=1S/C17H30N4/c1-13-11-14(16(18)20-12-13)15(19-2)17(21(3)4)9-7-5-6-8-10-17/h11-12,15,19H,5-10H2,1-4H3,(H2,18,20). The molecule has 1 heterocycles. The van der Waals surface area contributed by atoms with E-state index in [1.54, 1.807) is 0 Å². The zero-order valence-corrected chi connectivity index (χ0v) is 13.9. The van der Waals surface area contributed by atoms with Gasteiger partial charge < -0.3 is 16.0 Å². The number of likely N-dealkylation sites (N-methyl/N-ethyl adjacent to an activating group) is 2. The molecule has 1 aromatic heterocycles. The first kappa shape index (κ1) is 16.2. The third-order valence-electron chi connectivity index (χ3n) is 5.08. The maximum atomic E-state index is 6.20. The van der Waals surface area contributed by atoms with Crippen molar-refractivity contribution in [2.45, 2.75) is 57.0 Å². The van der Waals surface area contributed by atoms with Gasteiger partial charge in [0.25, 0.3) is 0 Å². The molecular weight excluding hydrogens is 260 g/mol. The van der Waals surface area contributed by atoms with Crippen LogP contribution in [-0.2, 0) is 0 Å². The summed E-state index contributed by atoms with van der Waals surface area (Å²) >= 11 is 0. The predicted octanol–water partition coefficient (Wildman–Crippen LogP) is 2.89. The highest BCUT2D eigenvalue weighted by Crippen LogP contribution is 2.42. The Kier molecular flexibility index (Phi) is 5.22. The normalized spacial score (nSPS) is 20.2. The van der Waals surface area contributed by atoms with Crippen LogP contribution in [0.1, 0.15) is 55.7 Å². The van der Waals surface area contributed by atoms with E-state index in [0.29, 0.717) is 5.82 Å². The zero-order valence-electron chi connectivity index (χ0n) is 13.9. The molecule has 0 amide bonds. The lowest BCUT2D eigenvalue weighted by atomic mass is 9.78. The molecule has 0 saturated heterocycles. The number of rotatable bonds is 4. The minimum Gasteiger partial charge on any atom is -0.383 e. The van der Waals surface area contributed by atoms with Crippen LogP contribution < -0.4 is 11.1 Å². The number of anilines is 1. The van der Waals surface area contributed by atoms with Crippen molar-refractivity contribution in [1.29, 1.82) is 0 Å². The number of aryl methyl sites for hydroxylation is 1. The molecule has 1 aliphatic carbocycles. The number of nitrogen functional groups attached to an aromatic ring is 1. The summed E-state index contributed by atoms with van der Waals surface area (Å²) in [6, 6.07) is 2.41. The topological polar surface area (TPSA) is 54.2 Å². The van der Waals surface area contributed by atoms with E-state index in [9.17, 15) is 0 Å². The molecule has 1 unspecified atom stereocenters. The lowest BCUT2D eigenvalue weighted by Gasteiger charge is -2.46. The molecule has 4 nitrogen and oxygen atoms in total. The fourth-order valence-corrected chi connectivity index (χ4v) is 3.88. The molecule has 0 spiro atoms. The van der Waals surface area contributed by atoms with E-state index in [4.69, 9.17) is 5.73 Å². The summed E-state index contributed by atoms with van der Waals surface area (Å²) in [5.41, 5.74) is 8.64.